The lowest BCUT2D eigenvalue weighted by molar-refractivity contribution is 0.409. The number of sulfonamides is 1. The van der Waals surface area contributed by atoms with Gasteiger partial charge in [0.05, 0.1) is 12.0 Å². The van der Waals surface area contributed by atoms with Gasteiger partial charge in [0.25, 0.3) is 10.0 Å². The maximum absolute atomic E-state index is 12.4. The Morgan fingerprint density at radius 1 is 1.24 bits per heavy atom. The van der Waals surface area contributed by atoms with E-state index in [2.05, 4.69) is 27.3 Å². The SMILES string of the molecule is COc1ccc(S(=O)(=O)Nc2cccc(I)c2)cc1CN. The first kappa shape index (κ1) is 16.1. The highest BCUT2D eigenvalue weighted by molar-refractivity contribution is 14.1. The fourth-order valence-corrected chi connectivity index (χ4v) is 3.49. The van der Waals surface area contributed by atoms with Gasteiger partial charge in [-0.25, -0.2) is 8.42 Å². The minimum Gasteiger partial charge on any atom is -0.496 e. The molecule has 0 bridgehead atoms. The minimum absolute atomic E-state index is 0.155. The van der Waals surface area contributed by atoms with Crippen LogP contribution < -0.4 is 15.2 Å². The third kappa shape index (κ3) is 3.86. The molecule has 21 heavy (non-hydrogen) atoms. The van der Waals surface area contributed by atoms with E-state index >= 15 is 0 Å². The van der Waals surface area contributed by atoms with E-state index in [4.69, 9.17) is 10.5 Å². The van der Waals surface area contributed by atoms with Gasteiger partial charge in [0.15, 0.2) is 0 Å². The van der Waals surface area contributed by atoms with E-state index in [1.165, 1.54) is 19.2 Å². The number of halogens is 1. The zero-order valence-corrected chi connectivity index (χ0v) is 14.3. The van der Waals surface area contributed by atoms with Crippen molar-refractivity contribution in [1.29, 1.82) is 0 Å². The van der Waals surface area contributed by atoms with Crippen molar-refractivity contribution < 1.29 is 13.2 Å². The summed E-state index contributed by atoms with van der Waals surface area (Å²) < 4.78 is 33.4. The summed E-state index contributed by atoms with van der Waals surface area (Å²) in [6, 6.07) is 11.8. The van der Waals surface area contributed by atoms with Crippen LogP contribution in [-0.2, 0) is 16.6 Å². The van der Waals surface area contributed by atoms with Gasteiger partial charge in [-0.05, 0) is 59.0 Å². The number of benzene rings is 2. The fourth-order valence-electron chi connectivity index (χ4n) is 1.85. The smallest absolute Gasteiger partial charge is 0.261 e. The van der Waals surface area contributed by atoms with Crippen LogP contribution in [0.4, 0.5) is 5.69 Å². The van der Waals surface area contributed by atoms with Gasteiger partial charge in [-0.2, -0.15) is 0 Å². The Morgan fingerprint density at radius 2 is 2.00 bits per heavy atom. The number of ether oxygens (including phenoxy) is 1. The van der Waals surface area contributed by atoms with Crippen LogP contribution in [0.25, 0.3) is 0 Å². The van der Waals surface area contributed by atoms with E-state index in [0.717, 1.165) is 3.57 Å². The van der Waals surface area contributed by atoms with Gasteiger partial charge in [0.2, 0.25) is 0 Å². The highest BCUT2D eigenvalue weighted by Gasteiger charge is 2.16. The molecule has 3 N–H and O–H groups in total. The summed E-state index contributed by atoms with van der Waals surface area (Å²) in [5.74, 6) is 0.575. The minimum atomic E-state index is -3.65. The van der Waals surface area contributed by atoms with Crippen LogP contribution in [0.15, 0.2) is 47.4 Å². The lowest BCUT2D eigenvalue weighted by atomic mass is 10.2. The molecule has 0 saturated carbocycles. The number of nitrogens with two attached hydrogens (primary N) is 1. The normalized spacial score (nSPS) is 11.2. The van der Waals surface area contributed by atoms with Gasteiger partial charge in [-0.1, -0.05) is 6.07 Å². The zero-order valence-electron chi connectivity index (χ0n) is 11.3. The van der Waals surface area contributed by atoms with E-state index in [1.54, 1.807) is 24.3 Å². The van der Waals surface area contributed by atoms with Crippen LogP contribution in [0.3, 0.4) is 0 Å². The molecule has 0 aromatic heterocycles. The number of anilines is 1. The summed E-state index contributed by atoms with van der Waals surface area (Å²) in [7, 11) is -2.13. The molecule has 0 radical (unpaired) electrons. The fraction of sp³-hybridized carbons (Fsp3) is 0.143. The van der Waals surface area contributed by atoms with Crippen LogP contribution in [0, 0.1) is 3.57 Å². The molecule has 2 aromatic carbocycles. The highest BCUT2D eigenvalue weighted by atomic mass is 127. The molecular weight excluding hydrogens is 403 g/mol. The molecule has 2 aromatic rings. The molecule has 0 spiro atoms. The van der Waals surface area contributed by atoms with Gasteiger partial charge < -0.3 is 10.5 Å². The molecule has 0 saturated heterocycles. The monoisotopic (exact) mass is 418 g/mol. The molecule has 2 rings (SSSR count). The standard InChI is InChI=1S/C14H15IN2O3S/c1-20-14-6-5-13(7-10(14)9-16)21(18,19)17-12-4-2-3-11(15)8-12/h2-8,17H,9,16H2,1H3. The first-order chi connectivity index (χ1) is 9.96. The number of hydrogen-bond donors (Lipinski definition) is 2. The Labute approximate surface area is 137 Å². The van der Waals surface area contributed by atoms with Gasteiger partial charge >= 0.3 is 0 Å². The lowest BCUT2D eigenvalue weighted by Crippen LogP contribution is -2.14. The molecule has 7 heteroatoms. The largest absolute Gasteiger partial charge is 0.496 e. The molecule has 0 atom stereocenters. The van der Waals surface area contributed by atoms with E-state index in [-0.39, 0.29) is 11.4 Å². The number of nitrogens with one attached hydrogen (secondary N) is 1. The predicted molar refractivity (Wildman–Crippen MR) is 90.9 cm³/mol. The van der Waals surface area contributed by atoms with E-state index < -0.39 is 10.0 Å². The van der Waals surface area contributed by atoms with Crippen molar-refractivity contribution in [3.63, 3.8) is 0 Å². The highest BCUT2D eigenvalue weighted by Crippen LogP contribution is 2.24. The Bertz CT molecular complexity index is 748. The number of methoxy groups -OCH3 is 1. The van der Waals surface area contributed by atoms with Gasteiger partial charge in [0, 0.05) is 21.4 Å². The van der Waals surface area contributed by atoms with E-state index in [1.807, 2.05) is 6.07 Å². The molecule has 0 amide bonds. The molecular formula is C14H15IN2O3S. The second kappa shape index (κ2) is 6.63. The summed E-state index contributed by atoms with van der Waals surface area (Å²) in [5, 5.41) is 0. The van der Waals surface area contributed by atoms with Crippen molar-refractivity contribution in [1.82, 2.24) is 0 Å². The number of hydrogen-bond acceptors (Lipinski definition) is 4. The van der Waals surface area contributed by atoms with Crippen molar-refractivity contribution in [3.8, 4) is 5.75 Å². The molecule has 112 valence electrons. The molecule has 0 heterocycles. The first-order valence-corrected chi connectivity index (χ1v) is 8.68. The maximum atomic E-state index is 12.4. The molecule has 0 unspecified atom stereocenters. The quantitative estimate of drug-likeness (QED) is 0.732. The summed E-state index contributed by atoms with van der Waals surface area (Å²) in [4.78, 5) is 0.155. The Balaban J connectivity index is 2.35. The van der Waals surface area contributed by atoms with Crippen LogP contribution in [0.2, 0.25) is 0 Å². The first-order valence-electron chi connectivity index (χ1n) is 6.11. The third-order valence-electron chi connectivity index (χ3n) is 2.86. The van der Waals surface area contributed by atoms with Crippen molar-refractivity contribution >= 4 is 38.3 Å². The summed E-state index contributed by atoms with van der Waals surface area (Å²) in [5.41, 5.74) is 6.78. The van der Waals surface area contributed by atoms with Gasteiger partial charge in [-0.3, -0.25) is 4.72 Å². The molecule has 0 aliphatic rings. The van der Waals surface area contributed by atoms with Crippen LogP contribution in [0.1, 0.15) is 5.56 Å². The second-order valence-corrected chi connectivity index (χ2v) is 7.22. The van der Waals surface area contributed by atoms with Crippen molar-refractivity contribution in [2.75, 3.05) is 11.8 Å². The average molecular weight is 418 g/mol. The van der Waals surface area contributed by atoms with Crippen LogP contribution in [0.5, 0.6) is 5.75 Å². The van der Waals surface area contributed by atoms with E-state index in [0.29, 0.717) is 17.0 Å². The molecule has 0 aliphatic carbocycles. The van der Waals surface area contributed by atoms with Crippen molar-refractivity contribution in [3.05, 3.63) is 51.6 Å². The Hall–Kier alpha value is -1.32. The predicted octanol–water partition coefficient (Wildman–Crippen LogP) is 2.56. The van der Waals surface area contributed by atoms with Crippen LogP contribution in [-0.4, -0.2) is 15.5 Å². The average Bonchev–Trinajstić information content (AvgIpc) is 2.46. The van der Waals surface area contributed by atoms with Crippen LogP contribution >= 0.6 is 22.6 Å². The Kier molecular flexibility index (Phi) is 5.07. The Morgan fingerprint density at radius 3 is 2.62 bits per heavy atom. The molecule has 0 aliphatic heterocycles. The van der Waals surface area contributed by atoms with Crippen molar-refractivity contribution in [2.24, 2.45) is 5.73 Å². The van der Waals surface area contributed by atoms with Gasteiger partial charge in [-0.15, -0.1) is 0 Å². The molecule has 0 fully saturated rings. The summed E-state index contributed by atoms with van der Waals surface area (Å²) in [6.07, 6.45) is 0. The third-order valence-corrected chi connectivity index (χ3v) is 4.91. The second-order valence-electron chi connectivity index (χ2n) is 4.29. The zero-order chi connectivity index (χ0) is 15.5. The lowest BCUT2D eigenvalue weighted by Gasteiger charge is -2.11. The topological polar surface area (TPSA) is 81.4 Å². The van der Waals surface area contributed by atoms with Crippen molar-refractivity contribution in [2.45, 2.75) is 11.4 Å². The number of rotatable bonds is 5. The van der Waals surface area contributed by atoms with E-state index in [9.17, 15) is 8.42 Å². The van der Waals surface area contributed by atoms with Gasteiger partial charge in [0.1, 0.15) is 5.75 Å². The summed E-state index contributed by atoms with van der Waals surface area (Å²) in [6.45, 7) is 0.204. The maximum Gasteiger partial charge on any atom is 0.261 e. The molecule has 5 nitrogen and oxygen atoms in total. The summed E-state index contributed by atoms with van der Waals surface area (Å²) >= 11 is 2.12.